The molecular weight excluding hydrogens is 294 g/mol. The molecule has 2 heterocycles. The lowest BCUT2D eigenvalue weighted by molar-refractivity contribution is 0.0941. The van der Waals surface area contributed by atoms with Crippen LogP contribution >= 0.6 is 0 Å². The molecule has 23 heavy (non-hydrogen) atoms. The number of nitrogens with one attached hydrogen (secondary N) is 2. The maximum absolute atomic E-state index is 12.2. The van der Waals surface area contributed by atoms with Gasteiger partial charge in [0.15, 0.2) is 0 Å². The number of ether oxygens (including phenoxy) is 1. The largest absolute Gasteiger partial charge is 0.489 e. The molecule has 1 aliphatic rings. The predicted octanol–water partition coefficient (Wildman–Crippen LogP) is 1.82. The van der Waals surface area contributed by atoms with Crippen molar-refractivity contribution in [3.63, 3.8) is 0 Å². The van der Waals surface area contributed by atoms with Gasteiger partial charge >= 0.3 is 0 Å². The molecule has 1 aliphatic heterocycles. The van der Waals surface area contributed by atoms with E-state index in [2.05, 4.69) is 15.8 Å². The summed E-state index contributed by atoms with van der Waals surface area (Å²) in [5.41, 5.74) is 2.37. The van der Waals surface area contributed by atoms with E-state index in [1.807, 2.05) is 26.0 Å². The van der Waals surface area contributed by atoms with Crippen molar-refractivity contribution in [2.24, 2.45) is 5.92 Å². The van der Waals surface area contributed by atoms with Gasteiger partial charge in [0.2, 0.25) is 0 Å². The van der Waals surface area contributed by atoms with Crippen molar-refractivity contribution in [3.8, 4) is 5.75 Å². The minimum Gasteiger partial charge on any atom is -0.489 e. The van der Waals surface area contributed by atoms with Crippen molar-refractivity contribution >= 4 is 5.91 Å². The molecule has 0 saturated carbocycles. The highest BCUT2D eigenvalue weighted by molar-refractivity contribution is 5.94. The molecule has 1 fully saturated rings. The summed E-state index contributed by atoms with van der Waals surface area (Å²) in [6.07, 6.45) is 0. The summed E-state index contributed by atoms with van der Waals surface area (Å²) in [6.45, 7) is 6.77. The molecule has 1 aromatic heterocycles. The van der Waals surface area contributed by atoms with Gasteiger partial charge in [0.05, 0.1) is 11.3 Å². The number of hydrogen-bond donors (Lipinski definition) is 2. The van der Waals surface area contributed by atoms with Gasteiger partial charge in [-0.15, -0.1) is 0 Å². The van der Waals surface area contributed by atoms with Crippen LogP contribution in [0.2, 0.25) is 0 Å². The third-order valence-corrected chi connectivity index (χ3v) is 4.08. The molecule has 1 saturated heterocycles. The van der Waals surface area contributed by atoms with Gasteiger partial charge in [-0.05, 0) is 32.0 Å². The van der Waals surface area contributed by atoms with Gasteiger partial charge in [0, 0.05) is 31.1 Å². The van der Waals surface area contributed by atoms with E-state index in [0.29, 0.717) is 30.4 Å². The van der Waals surface area contributed by atoms with E-state index < -0.39 is 0 Å². The van der Waals surface area contributed by atoms with Crippen molar-refractivity contribution in [2.45, 2.75) is 20.5 Å². The van der Waals surface area contributed by atoms with Gasteiger partial charge in [0.25, 0.3) is 5.91 Å². The topological polar surface area (TPSA) is 76.4 Å². The van der Waals surface area contributed by atoms with Gasteiger partial charge in [-0.2, -0.15) is 0 Å². The Morgan fingerprint density at radius 1 is 1.43 bits per heavy atom. The molecule has 0 radical (unpaired) electrons. The highest BCUT2D eigenvalue weighted by Gasteiger charge is 2.17. The molecule has 3 rings (SSSR count). The molecule has 2 N–H and O–H groups in total. The normalized spacial score (nSPS) is 14.3. The molecule has 6 nitrogen and oxygen atoms in total. The van der Waals surface area contributed by atoms with Crippen LogP contribution in [0.15, 0.2) is 28.8 Å². The molecule has 0 aliphatic carbocycles. The first-order chi connectivity index (χ1) is 11.1. The Hall–Kier alpha value is -2.34. The second kappa shape index (κ2) is 6.83. The summed E-state index contributed by atoms with van der Waals surface area (Å²) < 4.78 is 10.9. The van der Waals surface area contributed by atoms with Crippen LogP contribution in [0, 0.1) is 19.8 Å². The fourth-order valence-electron chi connectivity index (χ4n) is 2.42. The summed E-state index contributed by atoms with van der Waals surface area (Å²) in [6, 6.07) is 7.21. The lowest BCUT2D eigenvalue weighted by Gasteiger charge is -2.27. The summed E-state index contributed by atoms with van der Waals surface area (Å²) >= 11 is 0. The van der Waals surface area contributed by atoms with E-state index in [1.165, 1.54) is 0 Å². The molecule has 0 atom stereocenters. The maximum atomic E-state index is 12.2. The lowest BCUT2D eigenvalue weighted by atomic mass is 10.0. The number of aryl methyl sites for hydroxylation is 2. The zero-order valence-corrected chi connectivity index (χ0v) is 13.4. The van der Waals surface area contributed by atoms with Crippen molar-refractivity contribution in [3.05, 3.63) is 46.8 Å². The highest BCUT2D eigenvalue weighted by atomic mass is 16.5. The second-order valence-electron chi connectivity index (χ2n) is 5.85. The summed E-state index contributed by atoms with van der Waals surface area (Å²) in [5.74, 6) is 1.88. The van der Waals surface area contributed by atoms with E-state index >= 15 is 0 Å². The molecule has 1 amide bonds. The molecule has 0 unspecified atom stereocenters. The smallest absolute Gasteiger partial charge is 0.251 e. The Balaban J connectivity index is 1.59. The van der Waals surface area contributed by atoms with Crippen molar-refractivity contribution < 1.29 is 14.1 Å². The van der Waals surface area contributed by atoms with Crippen molar-refractivity contribution in [1.29, 1.82) is 0 Å². The average molecular weight is 315 g/mol. The number of nitrogens with zero attached hydrogens (tertiary/aromatic N) is 1. The first-order valence-corrected chi connectivity index (χ1v) is 7.77. The summed E-state index contributed by atoms with van der Waals surface area (Å²) in [4.78, 5) is 12.2. The van der Waals surface area contributed by atoms with Gasteiger partial charge in [-0.25, -0.2) is 0 Å². The van der Waals surface area contributed by atoms with Crippen LogP contribution in [0.25, 0.3) is 0 Å². The zero-order chi connectivity index (χ0) is 16.2. The van der Waals surface area contributed by atoms with Gasteiger partial charge < -0.3 is 19.9 Å². The third-order valence-electron chi connectivity index (χ3n) is 4.08. The van der Waals surface area contributed by atoms with Crippen LogP contribution in [0.3, 0.4) is 0 Å². The fraction of sp³-hybridized carbons (Fsp3) is 0.412. The minimum atomic E-state index is -0.0697. The Bertz CT molecular complexity index is 673. The number of carbonyl (C=O) groups is 1. The lowest BCUT2D eigenvalue weighted by Crippen LogP contribution is -2.48. The third kappa shape index (κ3) is 3.71. The zero-order valence-electron chi connectivity index (χ0n) is 13.4. The molecule has 0 bridgehead atoms. The fourth-order valence-corrected chi connectivity index (χ4v) is 2.42. The van der Waals surface area contributed by atoms with Crippen LogP contribution in [0.5, 0.6) is 5.75 Å². The minimum absolute atomic E-state index is 0.0697. The highest BCUT2D eigenvalue weighted by Crippen LogP contribution is 2.18. The van der Waals surface area contributed by atoms with E-state index in [-0.39, 0.29) is 5.91 Å². The molecule has 1 aromatic carbocycles. The second-order valence-corrected chi connectivity index (χ2v) is 5.85. The first-order valence-electron chi connectivity index (χ1n) is 7.77. The Labute approximate surface area is 135 Å². The maximum Gasteiger partial charge on any atom is 0.251 e. The van der Waals surface area contributed by atoms with Gasteiger partial charge in [0.1, 0.15) is 18.1 Å². The number of hydrogen-bond acceptors (Lipinski definition) is 5. The molecule has 122 valence electrons. The Kier molecular flexibility index (Phi) is 4.62. The number of rotatable bonds is 6. The Morgan fingerprint density at radius 3 is 2.91 bits per heavy atom. The quantitative estimate of drug-likeness (QED) is 0.850. The van der Waals surface area contributed by atoms with Gasteiger partial charge in [-0.1, -0.05) is 11.2 Å². The molecule has 6 heteroatoms. The molecular formula is C17H21N3O3. The van der Waals surface area contributed by atoms with E-state index in [0.717, 1.165) is 30.1 Å². The van der Waals surface area contributed by atoms with Crippen molar-refractivity contribution in [2.75, 3.05) is 19.6 Å². The SMILES string of the molecule is Cc1noc(C)c1COc1cccc(C(=O)NCC2CNC2)c1. The number of benzene rings is 1. The average Bonchev–Trinajstić information content (AvgIpc) is 2.82. The monoisotopic (exact) mass is 315 g/mol. The van der Waals surface area contributed by atoms with Crippen molar-refractivity contribution in [1.82, 2.24) is 15.8 Å². The first kappa shape index (κ1) is 15.6. The van der Waals surface area contributed by atoms with E-state index in [4.69, 9.17) is 9.26 Å². The molecule has 0 spiro atoms. The number of amides is 1. The predicted molar refractivity (Wildman–Crippen MR) is 85.4 cm³/mol. The number of aromatic nitrogens is 1. The van der Waals surface area contributed by atoms with E-state index in [1.54, 1.807) is 12.1 Å². The Morgan fingerprint density at radius 2 is 2.26 bits per heavy atom. The van der Waals surface area contributed by atoms with Crippen LogP contribution in [-0.4, -0.2) is 30.7 Å². The van der Waals surface area contributed by atoms with Crippen LogP contribution in [0.4, 0.5) is 0 Å². The summed E-state index contributed by atoms with van der Waals surface area (Å²) in [7, 11) is 0. The molecule has 2 aromatic rings. The van der Waals surface area contributed by atoms with Crippen LogP contribution < -0.4 is 15.4 Å². The standard InChI is InChI=1S/C17H21N3O3/c1-11-16(12(2)23-20-11)10-22-15-5-3-4-14(6-15)17(21)19-9-13-7-18-8-13/h3-6,13,18H,7-10H2,1-2H3,(H,19,21). The van der Waals surface area contributed by atoms with Crippen LogP contribution in [-0.2, 0) is 6.61 Å². The number of carbonyl (C=O) groups excluding carboxylic acids is 1. The van der Waals surface area contributed by atoms with Gasteiger partial charge in [-0.3, -0.25) is 4.79 Å². The van der Waals surface area contributed by atoms with Crippen LogP contribution in [0.1, 0.15) is 27.4 Å². The summed E-state index contributed by atoms with van der Waals surface area (Å²) in [5, 5.41) is 10.0. The van der Waals surface area contributed by atoms with E-state index in [9.17, 15) is 4.79 Å².